The van der Waals surface area contributed by atoms with Crippen LogP contribution in [0.25, 0.3) is 0 Å². The van der Waals surface area contributed by atoms with Gasteiger partial charge in [0.1, 0.15) is 18.1 Å². The molecule has 1 atom stereocenters. The summed E-state index contributed by atoms with van der Waals surface area (Å²) >= 11 is 5.88. The number of sulfonamides is 1. The smallest absolute Gasteiger partial charge is 0.264 e. The van der Waals surface area contributed by atoms with Crippen LogP contribution in [-0.2, 0) is 14.8 Å². The third-order valence-corrected chi connectivity index (χ3v) is 6.87. The molecule has 0 aliphatic heterocycles. The molecular weight excluding hydrogens is 455 g/mol. The van der Waals surface area contributed by atoms with Crippen LogP contribution in [-0.4, -0.2) is 28.0 Å². The SMILES string of the molecule is COc1ccccc1[C@H](C)NC(=O)CN(c1ccc(F)c(Cl)c1)S(=O)(=O)c1ccccc1. The molecule has 0 radical (unpaired) electrons. The molecule has 0 fully saturated rings. The summed E-state index contributed by atoms with van der Waals surface area (Å²) in [5.74, 6) is -0.649. The second-order valence-electron chi connectivity index (χ2n) is 6.95. The second kappa shape index (κ2) is 10.0. The molecule has 6 nitrogen and oxygen atoms in total. The number of para-hydroxylation sites is 1. The fraction of sp³-hybridized carbons (Fsp3) is 0.174. The number of carbonyl (C=O) groups is 1. The van der Waals surface area contributed by atoms with E-state index in [4.69, 9.17) is 16.3 Å². The maximum Gasteiger partial charge on any atom is 0.264 e. The Morgan fingerprint density at radius 3 is 2.41 bits per heavy atom. The van der Waals surface area contributed by atoms with Crippen molar-refractivity contribution in [2.75, 3.05) is 18.0 Å². The lowest BCUT2D eigenvalue weighted by Crippen LogP contribution is -2.41. The molecule has 9 heteroatoms. The van der Waals surface area contributed by atoms with E-state index in [0.717, 1.165) is 15.9 Å². The van der Waals surface area contributed by atoms with Gasteiger partial charge < -0.3 is 10.1 Å². The van der Waals surface area contributed by atoms with Gasteiger partial charge in [0, 0.05) is 5.56 Å². The van der Waals surface area contributed by atoms with Crippen molar-refractivity contribution in [3.05, 3.63) is 89.2 Å². The van der Waals surface area contributed by atoms with Gasteiger partial charge in [-0.15, -0.1) is 0 Å². The van der Waals surface area contributed by atoms with Gasteiger partial charge in [-0.2, -0.15) is 0 Å². The Morgan fingerprint density at radius 1 is 1.09 bits per heavy atom. The Bertz CT molecular complexity index is 1210. The van der Waals surface area contributed by atoms with Crippen LogP contribution >= 0.6 is 11.6 Å². The summed E-state index contributed by atoms with van der Waals surface area (Å²) in [6.07, 6.45) is 0. The number of rotatable bonds is 8. The molecule has 0 aliphatic rings. The zero-order chi connectivity index (χ0) is 23.3. The number of methoxy groups -OCH3 is 1. The maximum absolute atomic E-state index is 13.7. The Hall–Kier alpha value is -3.10. The Kier molecular flexibility index (Phi) is 7.37. The summed E-state index contributed by atoms with van der Waals surface area (Å²) in [6.45, 7) is 1.24. The number of amides is 1. The van der Waals surface area contributed by atoms with Crippen LogP contribution in [0.1, 0.15) is 18.5 Å². The third-order valence-electron chi connectivity index (χ3n) is 4.79. The van der Waals surface area contributed by atoms with Crippen LogP contribution in [0.4, 0.5) is 10.1 Å². The minimum absolute atomic E-state index is 0.00831. The highest BCUT2D eigenvalue weighted by atomic mass is 35.5. The second-order valence-corrected chi connectivity index (χ2v) is 9.22. The molecule has 1 N–H and O–H groups in total. The Balaban J connectivity index is 1.92. The van der Waals surface area contributed by atoms with Crippen molar-refractivity contribution in [1.82, 2.24) is 5.32 Å². The van der Waals surface area contributed by atoms with Crippen LogP contribution in [0.5, 0.6) is 5.75 Å². The topological polar surface area (TPSA) is 75.7 Å². The number of nitrogens with zero attached hydrogens (tertiary/aromatic N) is 1. The van der Waals surface area contributed by atoms with E-state index in [2.05, 4.69) is 5.32 Å². The van der Waals surface area contributed by atoms with E-state index in [-0.39, 0.29) is 15.6 Å². The Morgan fingerprint density at radius 2 is 1.75 bits per heavy atom. The van der Waals surface area contributed by atoms with Gasteiger partial charge in [-0.25, -0.2) is 12.8 Å². The average molecular weight is 477 g/mol. The molecule has 0 bridgehead atoms. The summed E-state index contributed by atoms with van der Waals surface area (Å²) in [5.41, 5.74) is 0.811. The van der Waals surface area contributed by atoms with E-state index in [1.165, 1.54) is 31.4 Å². The number of ether oxygens (including phenoxy) is 1. The third kappa shape index (κ3) is 5.20. The first kappa shape index (κ1) is 23.6. The van der Waals surface area contributed by atoms with Crippen molar-refractivity contribution >= 4 is 33.2 Å². The molecule has 0 aromatic heterocycles. The van der Waals surface area contributed by atoms with Crippen LogP contribution in [0.2, 0.25) is 5.02 Å². The van der Waals surface area contributed by atoms with Crippen molar-refractivity contribution in [3.63, 3.8) is 0 Å². The summed E-state index contributed by atoms with van der Waals surface area (Å²) in [6, 6.07) is 17.9. The molecule has 0 saturated carbocycles. The largest absolute Gasteiger partial charge is 0.496 e. The molecular formula is C23H22ClFN2O4S. The van der Waals surface area contributed by atoms with Crippen molar-refractivity contribution < 1.29 is 22.3 Å². The molecule has 3 aromatic rings. The molecule has 0 heterocycles. The molecule has 0 spiro atoms. The van der Waals surface area contributed by atoms with Gasteiger partial charge in [0.05, 0.1) is 28.8 Å². The Labute approximate surface area is 191 Å². The number of carbonyl (C=O) groups excluding carboxylic acids is 1. The maximum atomic E-state index is 13.7. The monoisotopic (exact) mass is 476 g/mol. The van der Waals surface area contributed by atoms with E-state index >= 15 is 0 Å². The van der Waals surface area contributed by atoms with Crippen LogP contribution in [0, 0.1) is 5.82 Å². The lowest BCUT2D eigenvalue weighted by Gasteiger charge is -2.25. The van der Waals surface area contributed by atoms with Gasteiger partial charge in [-0.1, -0.05) is 48.0 Å². The molecule has 0 unspecified atom stereocenters. The highest BCUT2D eigenvalue weighted by Crippen LogP contribution is 2.28. The number of hydrogen-bond donors (Lipinski definition) is 1. The lowest BCUT2D eigenvalue weighted by atomic mass is 10.1. The quantitative estimate of drug-likeness (QED) is 0.517. The molecule has 0 aliphatic carbocycles. The van der Waals surface area contributed by atoms with Gasteiger partial charge in [-0.05, 0) is 43.3 Å². The molecule has 1 amide bonds. The van der Waals surface area contributed by atoms with E-state index in [1.54, 1.807) is 31.2 Å². The predicted molar refractivity (Wildman–Crippen MR) is 122 cm³/mol. The highest BCUT2D eigenvalue weighted by Gasteiger charge is 2.28. The molecule has 3 aromatic carbocycles. The minimum Gasteiger partial charge on any atom is -0.496 e. The van der Waals surface area contributed by atoms with Crippen molar-refractivity contribution in [2.24, 2.45) is 0 Å². The van der Waals surface area contributed by atoms with E-state index < -0.39 is 34.3 Å². The van der Waals surface area contributed by atoms with Gasteiger partial charge >= 0.3 is 0 Å². The van der Waals surface area contributed by atoms with Gasteiger partial charge in [0.25, 0.3) is 10.0 Å². The van der Waals surface area contributed by atoms with E-state index in [9.17, 15) is 17.6 Å². The molecule has 168 valence electrons. The first-order valence-corrected chi connectivity index (χ1v) is 11.5. The number of halogens is 2. The number of hydrogen-bond acceptors (Lipinski definition) is 4. The zero-order valence-electron chi connectivity index (χ0n) is 17.5. The molecule has 3 rings (SSSR count). The average Bonchev–Trinajstić information content (AvgIpc) is 2.79. The normalized spacial score (nSPS) is 12.1. The summed E-state index contributed by atoms with van der Waals surface area (Å²) in [5, 5.41) is 2.54. The number of anilines is 1. The lowest BCUT2D eigenvalue weighted by molar-refractivity contribution is -0.120. The standard InChI is InChI=1S/C23H22ClFN2O4S/c1-16(19-10-6-7-11-22(19)31-2)26-23(28)15-27(17-12-13-21(25)20(24)14-17)32(29,30)18-8-4-3-5-9-18/h3-14,16H,15H2,1-2H3,(H,26,28)/t16-/m0/s1. The van der Waals surface area contributed by atoms with Gasteiger partial charge in [0.2, 0.25) is 5.91 Å². The van der Waals surface area contributed by atoms with E-state index in [1.807, 2.05) is 18.2 Å². The molecule has 32 heavy (non-hydrogen) atoms. The van der Waals surface area contributed by atoms with E-state index in [0.29, 0.717) is 5.75 Å². The van der Waals surface area contributed by atoms with Crippen molar-refractivity contribution in [2.45, 2.75) is 17.9 Å². The van der Waals surface area contributed by atoms with Gasteiger partial charge in [0.15, 0.2) is 0 Å². The first-order chi connectivity index (χ1) is 15.2. The number of nitrogens with one attached hydrogen (secondary N) is 1. The summed E-state index contributed by atoms with van der Waals surface area (Å²) in [7, 11) is -2.60. The fourth-order valence-electron chi connectivity index (χ4n) is 3.19. The molecule has 0 saturated heterocycles. The highest BCUT2D eigenvalue weighted by molar-refractivity contribution is 7.92. The van der Waals surface area contributed by atoms with Crippen molar-refractivity contribution in [3.8, 4) is 5.75 Å². The van der Waals surface area contributed by atoms with Gasteiger partial charge in [-0.3, -0.25) is 9.10 Å². The first-order valence-electron chi connectivity index (χ1n) is 9.69. The number of benzene rings is 3. The summed E-state index contributed by atoms with van der Waals surface area (Å²) in [4.78, 5) is 12.9. The van der Waals surface area contributed by atoms with Crippen LogP contribution < -0.4 is 14.4 Å². The predicted octanol–water partition coefficient (Wildman–Crippen LogP) is 4.56. The summed E-state index contributed by atoms with van der Waals surface area (Å²) < 4.78 is 46.5. The van der Waals surface area contributed by atoms with Crippen molar-refractivity contribution in [1.29, 1.82) is 0 Å². The minimum atomic E-state index is -4.13. The van der Waals surface area contributed by atoms with Crippen LogP contribution in [0.15, 0.2) is 77.7 Å². The zero-order valence-corrected chi connectivity index (χ0v) is 19.0. The fourth-order valence-corrected chi connectivity index (χ4v) is 4.80. The van der Waals surface area contributed by atoms with Crippen LogP contribution in [0.3, 0.4) is 0 Å².